The summed E-state index contributed by atoms with van der Waals surface area (Å²) < 4.78 is 26.1. The van der Waals surface area contributed by atoms with Gasteiger partial charge in [0, 0.05) is 24.3 Å². The molecule has 0 radical (unpaired) electrons. The number of H-pyrrole nitrogens is 1. The van der Waals surface area contributed by atoms with Crippen LogP contribution >= 0.6 is 0 Å². The van der Waals surface area contributed by atoms with Gasteiger partial charge in [0.05, 0.1) is 6.10 Å². The SMILES string of the molecule is Cc1[nH]c(C(=O)O)c(C)c1S(=O)(=O)N1CC[C@@H](O)C1. The molecule has 1 saturated heterocycles. The summed E-state index contributed by atoms with van der Waals surface area (Å²) >= 11 is 0. The van der Waals surface area contributed by atoms with E-state index in [-0.39, 0.29) is 29.2 Å². The lowest BCUT2D eigenvalue weighted by atomic mass is 10.2. The Labute approximate surface area is 110 Å². The van der Waals surface area contributed by atoms with Crippen molar-refractivity contribution < 1.29 is 23.4 Å². The molecule has 0 aromatic carbocycles. The number of aliphatic hydroxyl groups excluding tert-OH is 1. The molecule has 0 saturated carbocycles. The number of aromatic amines is 1. The number of aryl methyl sites for hydroxylation is 1. The molecule has 0 bridgehead atoms. The number of hydrogen-bond donors (Lipinski definition) is 3. The van der Waals surface area contributed by atoms with Crippen molar-refractivity contribution in [2.75, 3.05) is 13.1 Å². The summed E-state index contributed by atoms with van der Waals surface area (Å²) in [5.41, 5.74) is 0.388. The molecule has 1 aromatic rings. The van der Waals surface area contributed by atoms with E-state index in [0.29, 0.717) is 12.1 Å². The van der Waals surface area contributed by atoms with Gasteiger partial charge in [-0.25, -0.2) is 13.2 Å². The first-order chi connectivity index (χ1) is 8.75. The van der Waals surface area contributed by atoms with Crippen LogP contribution in [0.1, 0.15) is 28.2 Å². The number of aliphatic hydroxyl groups is 1. The Bertz CT molecular complexity index is 619. The number of β-amino-alcohol motifs (C(OH)–C–C–N with tert-alkyl or cyclic N) is 1. The van der Waals surface area contributed by atoms with E-state index in [2.05, 4.69) is 4.98 Å². The Kier molecular flexibility index (Phi) is 3.41. The molecule has 3 N–H and O–H groups in total. The summed E-state index contributed by atoms with van der Waals surface area (Å²) in [5, 5.41) is 18.4. The third-order valence-corrected chi connectivity index (χ3v) is 5.45. The summed E-state index contributed by atoms with van der Waals surface area (Å²) in [6.07, 6.45) is -0.263. The topological polar surface area (TPSA) is 111 Å². The lowest BCUT2D eigenvalue weighted by molar-refractivity contribution is 0.0690. The average Bonchev–Trinajstić information content (AvgIpc) is 2.83. The Hall–Kier alpha value is -1.38. The second-order valence-electron chi connectivity index (χ2n) is 4.69. The number of hydrogen-bond acceptors (Lipinski definition) is 4. The van der Waals surface area contributed by atoms with Crippen LogP contribution in [0.5, 0.6) is 0 Å². The van der Waals surface area contributed by atoms with E-state index in [4.69, 9.17) is 5.11 Å². The number of carboxylic acid groups (broad SMARTS) is 1. The minimum Gasteiger partial charge on any atom is -0.477 e. The Morgan fingerprint density at radius 1 is 1.42 bits per heavy atom. The number of aromatic nitrogens is 1. The van der Waals surface area contributed by atoms with Crippen molar-refractivity contribution in [3.63, 3.8) is 0 Å². The molecular formula is C11H16N2O5S. The predicted molar refractivity (Wildman–Crippen MR) is 66.6 cm³/mol. The lowest BCUT2D eigenvalue weighted by Crippen LogP contribution is -2.30. The van der Waals surface area contributed by atoms with E-state index in [1.54, 1.807) is 0 Å². The predicted octanol–water partition coefficient (Wildman–Crippen LogP) is 0.0850. The molecule has 2 rings (SSSR count). The number of carbonyl (C=O) groups is 1. The van der Waals surface area contributed by atoms with Gasteiger partial charge in [0.2, 0.25) is 10.0 Å². The lowest BCUT2D eigenvalue weighted by Gasteiger charge is -2.16. The summed E-state index contributed by atoms with van der Waals surface area (Å²) in [7, 11) is -3.77. The number of carboxylic acids is 1. The zero-order valence-corrected chi connectivity index (χ0v) is 11.5. The number of nitrogens with zero attached hydrogens (tertiary/aromatic N) is 1. The van der Waals surface area contributed by atoms with Crippen LogP contribution in [0.4, 0.5) is 0 Å². The van der Waals surface area contributed by atoms with Crippen LogP contribution in [0, 0.1) is 13.8 Å². The summed E-state index contributed by atoms with van der Waals surface area (Å²) in [6.45, 7) is 3.29. The summed E-state index contributed by atoms with van der Waals surface area (Å²) in [5.74, 6) is -1.19. The van der Waals surface area contributed by atoms with Crippen molar-refractivity contribution in [1.29, 1.82) is 0 Å². The molecule has 2 heterocycles. The fraction of sp³-hybridized carbons (Fsp3) is 0.545. The maximum Gasteiger partial charge on any atom is 0.352 e. The van der Waals surface area contributed by atoms with Gasteiger partial charge in [-0.3, -0.25) is 0 Å². The molecule has 0 aliphatic carbocycles. The molecule has 1 fully saturated rings. The largest absolute Gasteiger partial charge is 0.477 e. The van der Waals surface area contributed by atoms with Crippen LogP contribution in [-0.2, 0) is 10.0 Å². The van der Waals surface area contributed by atoms with Crippen LogP contribution < -0.4 is 0 Å². The van der Waals surface area contributed by atoms with Gasteiger partial charge in [-0.05, 0) is 20.3 Å². The third-order valence-electron chi connectivity index (χ3n) is 3.31. The third kappa shape index (κ3) is 2.26. The Morgan fingerprint density at radius 2 is 2.05 bits per heavy atom. The zero-order valence-electron chi connectivity index (χ0n) is 10.7. The normalized spacial score (nSPS) is 20.9. The molecule has 1 aliphatic rings. The van der Waals surface area contributed by atoms with Crippen molar-refractivity contribution in [1.82, 2.24) is 9.29 Å². The second-order valence-corrected chi connectivity index (χ2v) is 6.56. The molecule has 7 nitrogen and oxygen atoms in total. The minimum absolute atomic E-state index is 0.000926. The van der Waals surface area contributed by atoms with Crippen molar-refractivity contribution in [2.45, 2.75) is 31.3 Å². The fourth-order valence-electron chi connectivity index (χ4n) is 2.39. The summed E-state index contributed by atoms with van der Waals surface area (Å²) in [4.78, 5) is 13.6. The zero-order chi connectivity index (χ0) is 14.4. The van der Waals surface area contributed by atoms with Gasteiger partial charge in [-0.1, -0.05) is 0 Å². The molecule has 1 aliphatic heterocycles. The Balaban J connectivity index is 2.50. The first-order valence-corrected chi connectivity index (χ1v) is 7.29. The van der Waals surface area contributed by atoms with Gasteiger partial charge >= 0.3 is 5.97 Å². The van der Waals surface area contributed by atoms with Gasteiger partial charge in [0.25, 0.3) is 0 Å². The minimum atomic E-state index is -3.77. The average molecular weight is 288 g/mol. The number of sulfonamides is 1. The van der Waals surface area contributed by atoms with Gasteiger partial charge in [-0.2, -0.15) is 4.31 Å². The van der Waals surface area contributed by atoms with E-state index in [0.717, 1.165) is 0 Å². The fourth-order valence-corrected chi connectivity index (χ4v) is 4.29. The molecule has 0 spiro atoms. The number of nitrogens with one attached hydrogen (secondary N) is 1. The molecule has 106 valence electrons. The summed E-state index contributed by atoms with van der Waals surface area (Å²) in [6, 6.07) is 0. The molecule has 0 amide bonds. The van der Waals surface area contributed by atoms with Gasteiger partial charge in [0.1, 0.15) is 10.6 Å². The molecule has 19 heavy (non-hydrogen) atoms. The highest BCUT2D eigenvalue weighted by Crippen LogP contribution is 2.28. The van der Waals surface area contributed by atoms with Crippen LogP contribution in [0.15, 0.2) is 4.90 Å². The second kappa shape index (κ2) is 4.62. The highest BCUT2D eigenvalue weighted by Gasteiger charge is 2.35. The number of rotatable bonds is 3. The first kappa shape index (κ1) is 14.0. The van der Waals surface area contributed by atoms with E-state index >= 15 is 0 Å². The van der Waals surface area contributed by atoms with Gasteiger partial charge in [-0.15, -0.1) is 0 Å². The smallest absolute Gasteiger partial charge is 0.352 e. The monoisotopic (exact) mass is 288 g/mol. The van der Waals surface area contributed by atoms with Crippen LogP contribution in [0.25, 0.3) is 0 Å². The first-order valence-electron chi connectivity index (χ1n) is 5.85. The molecule has 1 atom stereocenters. The van der Waals surface area contributed by atoms with E-state index in [1.165, 1.54) is 18.2 Å². The van der Waals surface area contributed by atoms with E-state index in [1.807, 2.05) is 0 Å². The molecule has 8 heteroatoms. The van der Waals surface area contributed by atoms with Crippen molar-refractivity contribution in [3.05, 3.63) is 17.0 Å². The van der Waals surface area contributed by atoms with Crippen molar-refractivity contribution in [3.8, 4) is 0 Å². The van der Waals surface area contributed by atoms with Crippen LogP contribution in [0.2, 0.25) is 0 Å². The molecule has 0 unspecified atom stereocenters. The molecule has 1 aromatic heterocycles. The van der Waals surface area contributed by atoms with Crippen LogP contribution in [-0.4, -0.2) is 53.1 Å². The highest BCUT2D eigenvalue weighted by atomic mass is 32.2. The molecular weight excluding hydrogens is 272 g/mol. The van der Waals surface area contributed by atoms with E-state index < -0.39 is 22.1 Å². The van der Waals surface area contributed by atoms with Gasteiger partial charge in [0.15, 0.2) is 0 Å². The van der Waals surface area contributed by atoms with Gasteiger partial charge < -0.3 is 15.2 Å². The quantitative estimate of drug-likeness (QED) is 0.729. The van der Waals surface area contributed by atoms with Crippen molar-refractivity contribution >= 4 is 16.0 Å². The Morgan fingerprint density at radius 3 is 2.47 bits per heavy atom. The highest BCUT2D eigenvalue weighted by molar-refractivity contribution is 7.89. The van der Waals surface area contributed by atoms with Crippen LogP contribution in [0.3, 0.4) is 0 Å². The number of aromatic carboxylic acids is 1. The van der Waals surface area contributed by atoms with Crippen molar-refractivity contribution in [2.24, 2.45) is 0 Å². The maximum absolute atomic E-state index is 12.5. The standard InChI is InChI=1S/C11H16N2O5S/c1-6-9(11(15)16)12-7(2)10(6)19(17,18)13-4-3-8(14)5-13/h8,12,14H,3-5H2,1-2H3,(H,15,16)/t8-/m1/s1. The maximum atomic E-state index is 12.5. The van der Waals surface area contributed by atoms with E-state index in [9.17, 15) is 18.3 Å².